The van der Waals surface area contributed by atoms with Crippen molar-refractivity contribution in [1.82, 2.24) is 4.31 Å². The van der Waals surface area contributed by atoms with Crippen molar-refractivity contribution in [3.8, 4) is 0 Å². The van der Waals surface area contributed by atoms with E-state index in [1.807, 2.05) is 6.92 Å². The molecular weight excluding hydrogens is 472 g/mol. The van der Waals surface area contributed by atoms with Gasteiger partial charge >= 0.3 is 0 Å². The van der Waals surface area contributed by atoms with E-state index in [1.54, 1.807) is 4.31 Å². The Morgan fingerprint density at radius 2 is 1.91 bits per heavy atom. The summed E-state index contributed by atoms with van der Waals surface area (Å²) in [5, 5.41) is 3.31. The topological polar surface area (TPSA) is 114 Å². The number of sulfonamides is 1. The first-order valence-electron chi connectivity index (χ1n) is 11.8. The summed E-state index contributed by atoms with van der Waals surface area (Å²) in [7, 11) is -3.60. The van der Waals surface area contributed by atoms with E-state index in [0.29, 0.717) is 28.7 Å². The maximum atomic E-state index is 13.0. The molecule has 1 fully saturated rings. The molecule has 0 radical (unpaired) electrons. The zero-order valence-electron chi connectivity index (χ0n) is 19.9. The van der Waals surface area contributed by atoms with Crippen LogP contribution < -0.4 is 16.0 Å². The Bertz CT molecular complexity index is 1190. The van der Waals surface area contributed by atoms with Crippen molar-refractivity contribution < 1.29 is 22.9 Å². The molecule has 1 saturated heterocycles. The van der Waals surface area contributed by atoms with Gasteiger partial charge in [-0.15, -0.1) is 11.3 Å². The average Bonchev–Trinajstić information content (AvgIpc) is 3.16. The van der Waals surface area contributed by atoms with E-state index in [2.05, 4.69) is 19.2 Å². The van der Waals surface area contributed by atoms with Gasteiger partial charge in [0.2, 0.25) is 10.0 Å². The van der Waals surface area contributed by atoms with E-state index >= 15 is 0 Å². The molecule has 2 aromatic rings. The van der Waals surface area contributed by atoms with Gasteiger partial charge < -0.3 is 16.0 Å². The zero-order valence-corrected chi connectivity index (χ0v) is 21.5. The minimum Gasteiger partial charge on any atom is -0.365 e. The second-order valence-corrected chi connectivity index (χ2v) is 12.5. The Morgan fingerprint density at radius 3 is 2.53 bits per heavy atom. The highest BCUT2D eigenvalue weighted by Gasteiger charge is 2.32. The van der Waals surface area contributed by atoms with Crippen molar-refractivity contribution >= 4 is 38.2 Å². The number of thiophene rings is 1. The Balaban J connectivity index is 1.54. The average molecular weight is 506 g/mol. The maximum Gasteiger partial charge on any atom is 0.256 e. The molecule has 8 nitrogen and oxygen atoms in total. The first kappa shape index (κ1) is 24.8. The third-order valence-corrected chi connectivity index (χ3v) is 10.1. The number of piperidine rings is 1. The lowest BCUT2D eigenvalue weighted by molar-refractivity contribution is -0.936. The highest BCUT2D eigenvalue weighted by molar-refractivity contribution is 7.89. The second kappa shape index (κ2) is 9.77. The van der Waals surface area contributed by atoms with Crippen molar-refractivity contribution in [3.05, 3.63) is 45.8 Å². The normalized spacial score (nSPS) is 21.3. The number of nitrogens with two attached hydrogens (primary N) is 1. The van der Waals surface area contributed by atoms with Crippen molar-refractivity contribution in [1.29, 1.82) is 0 Å². The lowest BCUT2D eigenvalue weighted by Gasteiger charge is -2.32. The van der Waals surface area contributed by atoms with Gasteiger partial charge in [-0.1, -0.05) is 6.42 Å². The number of nitrogens with zero attached hydrogens (tertiary/aromatic N) is 1. The van der Waals surface area contributed by atoms with E-state index in [0.717, 1.165) is 49.2 Å². The second-order valence-electron chi connectivity index (χ2n) is 9.50. The lowest BCUT2D eigenvalue weighted by Crippen LogP contribution is -3.14. The van der Waals surface area contributed by atoms with E-state index < -0.39 is 21.8 Å². The van der Waals surface area contributed by atoms with E-state index in [9.17, 15) is 18.0 Å². The molecule has 0 bridgehead atoms. The number of carbonyl (C=O) groups is 2. The molecule has 4 rings (SSSR count). The van der Waals surface area contributed by atoms with Gasteiger partial charge in [-0.2, -0.15) is 4.31 Å². The molecule has 0 aliphatic carbocycles. The minimum absolute atomic E-state index is 0.0349. The van der Waals surface area contributed by atoms with E-state index in [1.165, 1.54) is 40.5 Å². The summed E-state index contributed by atoms with van der Waals surface area (Å²) in [6.45, 7) is 8.50. The number of fused-ring (bicyclic) bond motifs is 1. The van der Waals surface area contributed by atoms with Crippen LogP contribution in [0.2, 0.25) is 0 Å². The highest BCUT2D eigenvalue weighted by Crippen LogP contribution is 2.35. The van der Waals surface area contributed by atoms with E-state index in [-0.39, 0.29) is 10.9 Å². The summed E-state index contributed by atoms with van der Waals surface area (Å²) in [5.74, 6) is -0.942. The van der Waals surface area contributed by atoms with Crippen LogP contribution in [-0.2, 0) is 23.0 Å². The van der Waals surface area contributed by atoms with Crippen LogP contribution in [0, 0.1) is 0 Å². The fraction of sp³-hybridized carbons (Fsp3) is 0.500. The maximum absolute atomic E-state index is 13.0. The molecule has 2 aliphatic heterocycles. The lowest BCUT2D eigenvalue weighted by atomic mass is 10.0. The minimum atomic E-state index is -3.60. The molecule has 10 heteroatoms. The van der Waals surface area contributed by atoms with Crippen LogP contribution in [-0.4, -0.2) is 49.7 Å². The first-order valence-corrected chi connectivity index (χ1v) is 14.1. The molecule has 1 aromatic heterocycles. The van der Waals surface area contributed by atoms with E-state index in [4.69, 9.17) is 5.73 Å². The summed E-state index contributed by atoms with van der Waals surface area (Å²) in [5.41, 5.74) is 7.34. The molecule has 3 heterocycles. The fourth-order valence-electron chi connectivity index (χ4n) is 4.86. The molecule has 184 valence electrons. The van der Waals surface area contributed by atoms with Gasteiger partial charge in [0.1, 0.15) is 11.5 Å². The molecule has 4 N–H and O–H groups in total. The van der Waals surface area contributed by atoms with Gasteiger partial charge in [0, 0.05) is 24.6 Å². The van der Waals surface area contributed by atoms with Crippen molar-refractivity contribution in [3.63, 3.8) is 0 Å². The number of hydrogen-bond donors (Lipinski definition) is 3. The number of nitrogens with one attached hydrogen (secondary N) is 2. The summed E-state index contributed by atoms with van der Waals surface area (Å²) in [4.78, 5) is 27.9. The van der Waals surface area contributed by atoms with Crippen LogP contribution in [0.4, 0.5) is 5.00 Å². The fourth-order valence-corrected chi connectivity index (χ4v) is 7.86. The third kappa shape index (κ3) is 4.77. The number of anilines is 1. The first-order chi connectivity index (χ1) is 16.1. The third-order valence-electron chi connectivity index (χ3n) is 6.93. The Hall–Kier alpha value is -2.27. The van der Waals surface area contributed by atoms with Gasteiger partial charge in [-0.3, -0.25) is 9.59 Å². The Kier molecular flexibility index (Phi) is 7.14. The summed E-state index contributed by atoms with van der Waals surface area (Å²) >= 11 is 1.40. The molecule has 2 atom stereocenters. The van der Waals surface area contributed by atoms with Gasteiger partial charge in [-0.25, -0.2) is 8.42 Å². The molecule has 1 aromatic carbocycles. The number of carbonyl (C=O) groups excluding carboxylic acids is 2. The van der Waals surface area contributed by atoms with Gasteiger partial charge in [0.25, 0.3) is 11.8 Å². The molecule has 0 saturated carbocycles. The van der Waals surface area contributed by atoms with Crippen molar-refractivity contribution in [2.24, 2.45) is 5.73 Å². The predicted octanol–water partition coefficient (Wildman–Crippen LogP) is 2.01. The molecular formula is C24H33N4O4S2+. The molecule has 2 unspecified atom stereocenters. The van der Waals surface area contributed by atoms with Crippen LogP contribution in [0.15, 0.2) is 29.2 Å². The smallest absolute Gasteiger partial charge is 0.256 e. The van der Waals surface area contributed by atoms with Gasteiger partial charge in [-0.05, 0) is 63.4 Å². The van der Waals surface area contributed by atoms with Crippen LogP contribution in [0.5, 0.6) is 0 Å². The molecule has 2 amide bonds. The molecule has 0 spiro atoms. The number of benzene rings is 1. The summed E-state index contributed by atoms with van der Waals surface area (Å²) in [6.07, 6.45) is 3.48. The van der Waals surface area contributed by atoms with Crippen molar-refractivity contribution in [2.45, 2.75) is 70.0 Å². The zero-order chi connectivity index (χ0) is 24.6. The predicted molar refractivity (Wildman–Crippen MR) is 133 cm³/mol. The number of hydrogen-bond acceptors (Lipinski definition) is 5. The largest absolute Gasteiger partial charge is 0.365 e. The summed E-state index contributed by atoms with van der Waals surface area (Å²) in [6, 6.07) is 6.41. The Labute approximate surface area is 205 Å². The monoisotopic (exact) mass is 505 g/mol. The Morgan fingerprint density at radius 1 is 1.21 bits per heavy atom. The number of quaternary nitrogens is 1. The van der Waals surface area contributed by atoms with Crippen LogP contribution >= 0.6 is 11.3 Å². The SMILES string of the molecule is CC1CCCCN1S(=O)(=O)c1ccc(C(=O)Nc2sc3c(c2C(N)=O)CC[NH+](C(C)C)C3)cc1. The standard InChI is InChI=1S/C24H32N4O4S2/c1-15(2)27-13-11-19-20(14-27)33-24(21(19)22(25)29)26-23(30)17-7-9-18(10-8-17)34(31,32)28-12-5-4-6-16(28)3/h7-10,15-16H,4-6,11-14H2,1-3H3,(H2,25,29)(H,26,30)/p+1. The van der Waals surface area contributed by atoms with Crippen molar-refractivity contribution in [2.75, 3.05) is 18.4 Å². The highest BCUT2D eigenvalue weighted by atomic mass is 32.2. The van der Waals surface area contributed by atoms with Gasteiger partial charge in [0.15, 0.2) is 0 Å². The number of rotatable bonds is 6. The van der Waals surface area contributed by atoms with Crippen LogP contribution in [0.25, 0.3) is 0 Å². The summed E-state index contributed by atoms with van der Waals surface area (Å²) < 4.78 is 27.6. The van der Waals surface area contributed by atoms with Crippen LogP contribution in [0.3, 0.4) is 0 Å². The molecule has 2 aliphatic rings. The number of amides is 2. The van der Waals surface area contributed by atoms with Gasteiger partial charge in [0.05, 0.1) is 27.9 Å². The number of primary amides is 1. The molecule has 34 heavy (non-hydrogen) atoms. The quantitative estimate of drug-likeness (QED) is 0.557. The van der Waals surface area contributed by atoms with Crippen LogP contribution in [0.1, 0.15) is 71.2 Å².